The summed E-state index contributed by atoms with van der Waals surface area (Å²) in [5.74, 6) is -1.16. The van der Waals surface area contributed by atoms with Crippen LogP contribution in [-0.2, 0) is 14.3 Å². The second kappa shape index (κ2) is 6.37. The van der Waals surface area contributed by atoms with Crippen LogP contribution in [0.3, 0.4) is 0 Å². The SMILES string of the molecule is CC1CCC(C(=O)O)CN1C(=O)CC1CCCCO1. The third-order valence-electron chi connectivity index (χ3n) is 4.23. The van der Waals surface area contributed by atoms with Crippen molar-refractivity contribution in [2.75, 3.05) is 13.2 Å². The minimum Gasteiger partial charge on any atom is -0.481 e. The summed E-state index contributed by atoms with van der Waals surface area (Å²) in [4.78, 5) is 25.1. The quantitative estimate of drug-likeness (QED) is 0.846. The highest BCUT2D eigenvalue weighted by molar-refractivity contribution is 5.78. The van der Waals surface area contributed by atoms with Crippen molar-refractivity contribution in [3.05, 3.63) is 0 Å². The van der Waals surface area contributed by atoms with Crippen LogP contribution < -0.4 is 0 Å². The lowest BCUT2D eigenvalue weighted by atomic mass is 9.93. The molecule has 5 nitrogen and oxygen atoms in total. The molecular weight excluding hydrogens is 246 g/mol. The van der Waals surface area contributed by atoms with E-state index in [1.165, 1.54) is 0 Å². The van der Waals surface area contributed by atoms with Crippen molar-refractivity contribution >= 4 is 11.9 Å². The molecule has 3 unspecified atom stereocenters. The molecule has 2 aliphatic rings. The molecule has 0 radical (unpaired) electrons. The van der Waals surface area contributed by atoms with Crippen LogP contribution in [0.25, 0.3) is 0 Å². The second-order valence-electron chi connectivity index (χ2n) is 5.70. The number of hydrogen-bond acceptors (Lipinski definition) is 3. The summed E-state index contributed by atoms with van der Waals surface area (Å²) in [7, 11) is 0. The van der Waals surface area contributed by atoms with E-state index in [1.807, 2.05) is 6.92 Å². The van der Waals surface area contributed by atoms with E-state index in [0.29, 0.717) is 19.4 Å². The lowest BCUT2D eigenvalue weighted by Gasteiger charge is -2.37. The number of carbonyl (C=O) groups is 2. The maximum absolute atomic E-state index is 12.3. The molecule has 2 saturated heterocycles. The van der Waals surface area contributed by atoms with Crippen molar-refractivity contribution in [2.45, 2.75) is 57.6 Å². The number of carboxylic acid groups (broad SMARTS) is 1. The molecule has 19 heavy (non-hydrogen) atoms. The molecular formula is C14H23NO4. The maximum Gasteiger partial charge on any atom is 0.308 e. The summed E-state index contributed by atoms with van der Waals surface area (Å²) in [6.45, 7) is 3.09. The molecule has 1 N–H and O–H groups in total. The molecule has 3 atom stereocenters. The smallest absolute Gasteiger partial charge is 0.308 e. The first-order valence-corrected chi connectivity index (χ1v) is 7.22. The van der Waals surface area contributed by atoms with Gasteiger partial charge in [-0.25, -0.2) is 0 Å². The van der Waals surface area contributed by atoms with Gasteiger partial charge < -0.3 is 14.7 Å². The van der Waals surface area contributed by atoms with Crippen LogP contribution in [0, 0.1) is 5.92 Å². The molecule has 0 bridgehead atoms. The highest BCUT2D eigenvalue weighted by Crippen LogP contribution is 2.24. The van der Waals surface area contributed by atoms with E-state index in [2.05, 4.69) is 0 Å². The van der Waals surface area contributed by atoms with Gasteiger partial charge in [-0.2, -0.15) is 0 Å². The van der Waals surface area contributed by atoms with E-state index in [-0.39, 0.29) is 18.1 Å². The molecule has 1 amide bonds. The van der Waals surface area contributed by atoms with Crippen molar-refractivity contribution in [1.82, 2.24) is 4.90 Å². The molecule has 108 valence electrons. The minimum atomic E-state index is -0.793. The van der Waals surface area contributed by atoms with Crippen molar-refractivity contribution in [2.24, 2.45) is 5.92 Å². The molecule has 0 spiro atoms. The van der Waals surface area contributed by atoms with Gasteiger partial charge in [0, 0.05) is 19.2 Å². The summed E-state index contributed by atoms with van der Waals surface area (Å²) < 4.78 is 5.59. The summed E-state index contributed by atoms with van der Waals surface area (Å²) in [5.41, 5.74) is 0. The topological polar surface area (TPSA) is 66.8 Å². The highest BCUT2D eigenvalue weighted by atomic mass is 16.5. The monoisotopic (exact) mass is 269 g/mol. The van der Waals surface area contributed by atoms with Crippen LogP contribution in [-0.4, -0.2) is 47.2 Å². The summed E-state index contributed by atoms with van der Waals surface area (Å²) in [5, 5.41) is 9.08. The Balaban J connectivity index is 1.90. The van der Waals surface area contributed by atoms with Crippen molar-refractivity contribution < 1.29 is 19.4 Å². The molecule has 0 aromatic heterocycles. The fourth-order valence-electron chi connectivity index (χ4n) is 2.94. The number of ether oxygens (including phenoxy) is 1. The van der Waals surface area contributed by atoms with Crippen LogP contribution in [0.5, 0.6) is 0 Å². The minimum absolute atomic E-state index is 0.0265. The summed E-state index contributed by atoms with van der Waals surface area (Å²) in [6.07, 6.45) is 5.00. The largest absolute Gasteiger partial charge is 0.481 e. The van der Waals surface area contributed by atoms with E-state index >= 15 is 0 Å². The third kappa shape index (κ3) is 3.69. The van der Waals surface area contributed by atoms with Gasteiger partial charge in [-0.3, -0.25) is 9.59 Å². The molecule has 2 fully saturated rings. The van der Waals surface area contributed by atoms with E-state index in [4.69, 9.17) is 9.84 Å². The Kier molecular flexibility index (Phi) is 4.80. The van der Waals surface area contributed by atoms with Gasteiger partial charge in [-0.15, -0.1) is 0 Å². The van der Waals surface area contributed by atoms with Gasteiger partial charge in [0.2, 0.25) is 5.91 Å². The summed E-state index contributed by atoms with van der Waals surface area (Å²) in [6, 6.07) is 0.145. The molecule has 2 heterocycles. The number of aliphatic carboxylic acids is 1. The predicted molar refractivity (Wildman–Crippen MR) is 69.7 cm³/mol. The average molecular weight is 269 g/mol. The predicted octanol–water partition coefficient (Wildman–Crippen LogP) is 1.66. The summed E-state index contributed by atoms with van der Waals surface area (Å²) >= 11 is 0. The lowest BCUT2D eigenvalue weighted by molar-refractivity contribution is -0.148. The highest BCUT2D eigenvalue weighted by Gasteiger charge is 2.33. The number of carboxylic acids is 1. The van der Waals surface area contributed by atoms with Gasteiger partial charge in [0.15, 0.2) is 0 Å². The van der Waals surface area contributed by atoms with Crippen LogP contribution >= 0.6 is 0 Å². The Morgan fingerprint density at radius 1 is 1.26 bits per heavy atom. The Morgan fingerprint density at radius 2 is 2.05 bits per heavy atom. The third-order valence-corrected chi connectivity index (χ3v) is 4.23. The maximum atomic E-state index is 12.3. The zero-order valence-corrected chi connectivity index (χ0v) is 11.5. The standard InChI is InChI=1S/C14H23NO4/c1-10-5-6-11(14(17)18)9-15(10)13(16)8-12-4-2-3-7-19-12/h10-12H,2-9H2,1H3,(H,17,18). The fraction of sp³-hybridized carbons (Fsp3) is 0.857. The molecule has 0 saturated carbocycles. The van der Waals surface area contributed by atoms with Gasteiger partial charge in [-0.1, -0.05) is 0 Å². The van der Waals surface area contributed by atoms with Gasteiger partial charge in [-0.05, 0) is 39.0 Å². The zero-order valence-electron chi connectivity index (χ0n) is 11.5. The molecule has 0 aromatic carbocycles. The average Bonchev–Trinajstić information content (AvgIpc) is 2.40. The number of carbonyl (C=O) groups excluding carboxylic acids is 1. The van der Waals surface area contributed by atoms with Crippen molar-refractivity contribution in [3.63, 3.8) is 0 Å². The number of hydrogen-bond donors (Lipinski definition) is 1. The van der Waals surface area contributed by atoms with E-state index in [9.17, 15) is 9.59 Å². The lowest BCUT2D eigenvalue weighted by Crippen LogP contribution is -2.48. The molecule has 2 rings (SSSR count). The molecule has 0 aliphatic carbocycles. The van der Waals surface area contributed by atoms with Crippen LogP contribution in [0.1, 0.15) is 45.4 Å². The van der Waals surface area contributed by atoms with E-state index < -0.39 is 11.9 Å². The first kappa shape index (κ1) is 14.3. The Bertz CT molecular complexity index is 338. The fourth-order valence-corrected chi connectivity index (χ4v) is 2.94. The second-order valence-corrected chi connectivity index (χ2v) is 5.70. The normalized spacial score (nSPS) is 32.1. The first-order valence-electron chi connectivity index (χ1n) is 7.22. The van der Waals surface area contributed by atoms with Crippen LogP contribution in [0.15, 0.2) is 0 Å². The Labute approximate surface area is 113 Å². The van der Waals surface area contributed by atoms with Crippen molar-refractivity contribution in [1.29, 1.82) is 0 Å². The van der Waals surface area contributed by atoms with Gasteiger partial charge in [0.1, 0.15) is 0 Å². The van der Waals surface area contributed by atoms with Crippen LogP contribution in [0.4, 0.5) is 0 Å². The van der Waals surface area contributed by atoms with Crippen molar-refractivity contribution in [3.8, 4) is 0 Å². The molecule has 2 aliphatic heterocycles. The molecule has 5 heteroatoms. The van der Waals surface area contributed by atoms with E-state index in [1.54, 1.807) is 4.90 Å². The van der Waals surface area contributed by atoms with Gasteiger partial charge in [0.05, 0.1) is 18.4 Å². The van der Waals surface area contributed by atoms with E-state index in [0.717, 1.165) is 32.3 Å². The Morgan fingerprint density at radius 3 is 2.68 bits per heavy atom. The zero-order chi connectivity index (χ0) is 13.8. The first-order chi connectivity index (χ1) is 9.08. The van der Waals surface area contributed by atoms with Gasteiger partial charge in [0.25, 0.3) is 0 Å². The van der Waals surface area contributed by atoms with Gasteiger partial charge >= 0.3 is 5.97 Å². The number of likely N-dealkylation sites (tertiary alicyclic amines) is 1. The number of nitrogens with zero attached hydrogens (tertiary/aromatic N) is 1. The number of piperidine rings is 1. The number of amides is 1. The number of rotatable bonds is 3. The van der Waals surface area contributed by atoms with Crippen LogP contribution in [0.2, 0.25) is 0 Å². The molecule has 0 aromatic rings. The Hall–Kier alpha value is -1.10.